The topological polar surface area (TPSA) is 86.5 Å². The van der Waals surface area contributed by atoms with E-state index in [4.69, 9.17) is 15.2 Å². The van der Waals surface area contributed by atoms with E-state index >= 15 is 0 Å². The summed E-state index contributed by atoms with van der Waals surface area (Å²) in [6, 6.07) is 11.0. The monoisotopic (exact) mass is 315 g/mol. The number of nitrogens with one attached hydrogen (secondary N) is 1. The van der Waals surface area contributed by atoms with Crippen molar-refractivity contribution in [2.75, 3.05) is 13.2 Å². The highest BCUT2D eigenvalue weighted by molar-refractivity contribution is 5.77. The second kappa shape index (κ2) is 8.75. The zero-order valence-electron chi connectivity index (χ0n) is 13.1. The van der Waals surface area contributed by atoms with Crippen molar-refractivity contribution in [3.63, 3.8) is 0 Å². The smallest absolute Gasteiger partial charge is 0.234 e. The van der Waals surface area contributed by atoms with E-state index in [0.717, 1.165) is 17.7 Å². The Balaban J connectivity index is 2.03. The maximum absolute atomic E-state index is 11.3. The third-order valence-electron chi connectivity index (χ3n) is 3.02. The highest BCUT2D eigenvalue weighted by atomic mass is 16.5. The van der Waals surface area contributed by atoms with Crippen LogP contribution in [0.2, 0.25) is 0 Å². The van der Waals surface area contributed by atoms with Gasteiger partial charge in [0.1, 0.15) is 11.5 Å². The number of rotatable bonds is 8. The number of aromatic nitrogens is 1. The quantitative estimate of drug-likeness (QED) is 0.780. The van der Waals surface area contributed by atoms with Crippen molar-refractivity contribution < 1.29 is 14.3 Å². The van der Waals surface area contributed by atoms with Gasteiger partial charge < -0.3 is 20.5 Å². The normalized spacial score (nSPS) is 10.2. The summed E-state index contributed by atoms with van der Waals surface area (Å²) in [5, 5.41) is 2.70. The number of carbonyl (C=O) groups excluding carboxylic acids is 1. The number of amides is 1. The van der Waals surface area contributed by atoms with Gasteiger partial charge in [0.25, 0.3) is 0 Å². The molecule has 1 aromatic carbocycles. The predicted molar refractivity (Wildman–Crippen MR) is 87.4 cm³/mol. The predicted octanol–water partition coefficient (Wildman–Crippen LogP) is 2.24. The van der Waals surface area contributed by atoms with Crippen LogP contribution in [0.15, 0.2) is 42.6 Å². The van der Waals surface area contributed by atoms with Gasteiger partial charge in [-0.1, -0.05) is 13.0 Å². The van der Waals surface area contributed by atoms with Gasteiger partial charge in [-0.15, -0.1) is 0 Å². The second-order valence-electron chi connectivity index (χ2n) is 4.87. The molecule has 1 heterocycles. The van der Waals surface area contributed by atoms with Crippen LogP contribution in [0.4, 0.5) is 0 Å². The fourth-order valence-electron chi connectivity index (χ4n) is 1.85. The molecule has 6 nitrogen and oxygen atoms in total. The SMILES string of the molecule is CCCOc1ccc(Oc2ncccc2CNC(=O)CN)cc1. The van der Waals surface area contributed by atoms with Crippen molar-refractivity contribution in [1.82, 2.24) is 10.3 Å². The molecule has 0 bridgehead atoms. The van der Waals surface area contributed by atoms with E-state index in [-0.39, 0.29) is 12.5 Å². The molecule has 2 aromatic rings. The van der Waals surface area contributed by atoms with Gasteiger partial charge in [-0.05, 0) is 36.8 Å². The van der Waals surface area contributed by atoms with Gasteiger partial charge in [0.2, 0.25) is 11.8 Å². The Labute approximate surface area is 135 Å². The van der Waals surface area contributed by atoms with E-state index < -0.39 is 0 Å². The molecule has 2 rings (SSSR count). The maximum Gasteiger partial charge on any atom is 0.234 e. The Morgan fingerprint density at radius 1 is 1.22 bits per heavy atom. The van der Waals surface area contributed by atoms with Crippen LogP contribution in [-0.2, 0) is 11.3 Å². The van der Waals surface area contributed by atoms with Gasteiger partial charge in [-0.25, -0.2) is 4.98 Å². The molecule has 0 aliphatic rings. The van der Waals surface area contributed by atoms with Crippen LogP contribution < -0.4 is 20.5 Å². The molecule has 1 aromatic heterocycles. The first-order chi connectivity index (χ1) is 11.2. The van der Waals surface area contributed by atoms with E-state index in [2.05, 4.69) is 17.2 Å². The van der Waals surface area contributed by atoms with Crippen molar-refractivity contribution in [3.8, 4) is 17.4 Å². The summed E-state index contributed by atoms with van der Waals surface area (Å²) < 4.78 is 11.3. The lowest BCUT2D eigenvalue weighted by molar-refractivity contribution is -0.119. The molecule has 0 fully saturated rings. The van der Waals surface area contributed by atoms with Crippen LogP contribution in [0.5, 0.6) is 17.4 Å². The molecule has 23 heavy (non-hydrogen) atoms. The van der Waals surface area contributed by atoms with Crippen LogP contribution in [-0.4, -0.2) is 24.0 Å². The average Bonchev–Trinajstić information content (AvgIpc) is 2.60. The molecule has 0 unspecified atom stereocenters. The first kappa shape index (κ1) is 16.8. The number of nitrogens with two attached hydrogens (primary N) is 1. The number of carbonyl (C=O) groups is 1. The molecule has 0 saturated heterocycles. The van der Waals surface area contributed by atoms with Crippen LogP contribution in [0.25, 0.3) is 0 Å². The third-order valence-corrected chi connectivity index (χ3v) is 3.02. The highest BCUT2D eigenvalue weighted by Gasteiger charge is 2.07. The first-order valence-corrected chi connectivity index (χ1v) is 7.54. The zero-order chi connectivity index (χ0) is 16.5. The summed E-state index contributed by atoms with van der Waals surface area (Å²) >= 11 is 0. The van der Waals surface area contributed by atoms with Crippen molar-refractivity contribution >= 4 is 5.91 Å². The summed E-state index contributed by atoms with van der Waals surface area (Å²) in [5.41, 5.74) is 6.05. The van der Waals surface area contributed by atoms with Crippen LogP contribution in [0.3, 0.4) is 0 Å². The van der Waals surface area contributed by atoms with Crippen LogP contribution in [0.1, 0.15) is 18.9 Å². The Bertz CT molecular complexity index is 629. The fraction of sp³-hybridized carbons (Fsp3) is 0.294. The van der Waals surface area contributed by atoms with E-state index in [0.29, 0.717) is 24.8 Å². The van der Waals surface area contributed by atoms with E-state index in [1.165, 1.54) is 0 Å². The Kier molecular flexibility index (Phi) is 6.38. The molecule has 0 aliphatic heterocycles. The lowest BCUT2D eigenvalue weighted by Crippen LogP contribution is -2.29. The summed E-state index contributed by atoms with van der Waals surface area (Å²) in [6.07, 6.45) is 2.60. The molecule has 1 amide bonds. The average molecular weight is 315 g/mol. The van der Waals surface area contributed by atoms with Gasteiger partial charge >= 0.3 is 0 Å². The number of ether oxygens (including phenoxy) is 2. The summed E-state index contributed by atoms with van der Waals surface area (Å²) in [6.45, 7) is 3.02. The van der Waals surface area contributed by atoms with Gasteiger partial charge in [0.15, 0.2) is 0 Å². The molecule has 3 N–H and O–H groups in total. The van der Waals surface area contributed by atoms with Gasteiger partial charge in [0.05, 0.1) is 13.2 Å². The molecular weight excluding hydrogens is 294 g/mol. The number of benzene rings is 1. The number of hydrogen-bond donors (Lipinski definition) is 2. The number of pyridine rings is 1. The third kappa shape index (κ3) is 5.27. The molecule has 0 aliphatic carbocycles. The molecule has 0 spiro atoms. The minimum Gasteiger partial charge on any atom is -0.494 e. The Morgan fingerprint density at radius 2 is 1.96 bits per heavy atom. The first-order valence-electron chi connectivity index (χ1n) is 7.54. The van der Waals surface area contributed by atoms with E-state index in [9.17, 15) is 4.79 Å². The number of nitrogens with zero attached hydrogens (tertiary/aromatic N) is 1. The van der Waals surface area contributed by atoms with Crippen molar-refractivity contribution in [2.24, 2.45) is 5.73 Å². The van der Waals surface area contributed by atoms with Crippen molar-refractivity contribution in [1.29, 1.82) is 0 Å². The van der Waals surface area contributed by atoms with Crippen molar-refractivity contribution in [3.05, 3.63) is 48.2 Å². The molecule has 0 radical (unpaired) electrons. The van der Waals surface area contributed by atoms with Crippen molar-refractivity contribution in [2.45, 2.75) is 19.9 Å². The molecule has 6 heteroatoms. The summed E-state index contributed by atoms with van der Waals surface area (Å²) in [4.78, 5) is 15.5. The molecule has 122 valence electrons. The zero-order valence-corrected chi connectivity index (χ0v) is 13.1. The Hall–Kier alpha value is -2.60. The number of hydrogen-bond acceptors (Lipinski definition) is 5. The van der Waals surface area contributed by atoms with Crippen LogP contribution in [0, 0.1) is 0 Å². The summed E-state index contributed by atoms with van der Waals surface area (Å²) in [5.74, 6) is 1.68. The fourth-order valence-corrected chi connectivity index (χ4v) is 1.85. The lowest BCUT2D eigenvalue weighted by atomic mass is 10.2. The Morgan fingerprint density at radius 3 is 2.65 bits per heavy atom. The minimum atomic E-state index is -0.225. The molecular formula is C17H21N3O3. The van der Waals surface area contributed by atoms with Crippen LogP contribution >= 0.6 is 0 Å². The second-order valence-corrected chi connectivity index (χ2v) is 4.87. The van der Waals surface area contributed by atoms with Gasteiger partial charge in [0, 0.05) is 18.3 Å². The van der Waals surface area contributed by atoms with Gasteiger partial charge in [-0.2, -0.15) is 0 Å². The molecule has 0 atom stereocenters. The minimum absolute atomic E-state index is 0.0460. The largest absolute Gasteiger partial charge is 0.494 e. The summed E-state index contributed by atoms with van der Waals surface area (Å²) in [7, 11) is 0. The highest BCUT2D eigenvalue weighted by Crippen LogP contribution is 2.25. The lowest BCUT2D eigenvalue weighted by Gasteiger charge is -2.11. The standard InChI is InChI=1S/C17H21N3O3/c1-2-10-22-14-5-7-15(8-6-14)23-17-13(4-3-9-19-17)12-20-16(21)11-18/h3-9H,2,10-12,18H2,1H3,(H,20,21). The van der Waals surface area contributed by atoms with Gasteiger partial charge in [-0.3, -0.25) is 4.79 Å². The van der Waals surface area contributed by atoms with E-state index in [1.54, 1.807) is 12.3 Å². The maximum atomic E-state index is 11.3. The van der Waals surface area contributed by atoms with E-state index in [1.807, 2.05) is 30.3 Å². The molecule has 0 saturated carbocycles.